The Morgan fingerprint density at radius 1 is 1.04 bits per heavy atom. The molecule has 0 radical (unpaired) electrons. The van der Waals surface area contributed by atoms with Crippen LogP contribution in [0.25, 0.3) is 11.0 Å². The van der Waals surface area contributed by atoms with E-state index in [1.807, 2.05) is 37.3 Å². The Morgan fingerprint density at radius 3 is 2.23 bits per heavy atom. The lowest BCUT2D eigenvalue weighted by molar-refractivity contribution is -0.122. The minimum Gasteiger partial charge on any atom is -0.348 e. The first kappa shape index (κ1) is 17.9. The van der Waals surface area contributed by atoms with Gasteiger partial charge < -0.3 is 5.32 Å². The number of imidazole rings is 1. The van der Waals surface area contributed by atoms with Crippen molar-refractivity contribution in [2.45, 2.75) is 19.5 Å². The number of nitrogens with one attached hydrogen (secondary N) is 1. The topological polar surface area (TPSA) is 90.2 Å². The number of hydrogen-bond acceptors (Lipinski definition) is 4. The van der Waals surface area contributed by atoms with E-state index < -0.39 is 15.7 Å². The van der Waals surface area contributed by atoms with Gasteiger partial charge in [0, 0.05) is 0 Å². The van der Waals surface area contributed by atoms with Gasteiger partial charge in [-0.15, -0.1) is 0 Å². The number of amides is 1. The number of aromatic nitrogens is 2. The Kier molecular flexibility index (Phi) is 4.69. The third-order valence-corrected chi connectivity index (χ3v) is 5.12. The number of carbonyl (C=O) groups is 1. The van der Waals surface area contributed by atoms with Crippen LogP contribution >= 0.6 is 0 Å². The van der Waals surface area contributed by atoms with E-state index in [0.29, 0.717) is 5.52 Å². The number of carbonyl (C=O) groups excluding carboxylic acids is 1. The van der Waals surface area contributed by atoms with Gasteiger partial charge in [0.15, 0.2) is 0 Å². The second-order valence-corrected chi connectivity index (χ2v) is 7.92. The molecule has 3 aromatic rings. The smallest absolute Gasteiger partial charge is 0.343 e. The summed E-state index contributed by atoms with van der Waals surface area (Å²) in [5, 5.41) is 2.83. The van der Waals surface area contributed by atoms with Gasteiger partial charge in [-0.25, -0.2) is 13.2 Å². The summed E-state index contributed by atoms with van der Waals surface area (Å²) in [6.45, 7) is 1.58. The molecule has 1 atom stereocenters. The van der Waals surface area contributed by atoms with Crippen molar-refractivity contribution in [2.75, 3.05) is 6.26 Å². The van der Waals surface area contributed by atoms with E-state index in [2.05, 4.69) is 5.32 Å². The van der Waals surface area contributed by atoms with Crippen LogP contribution in [0.2, 0.25) is 0 Å². The monoisotopic (exact) mass is 373 g/mol. The van der Waals surface area contributed by atoms with Crippen molar-refractivity contribution in [3.8, 4) is 0 Å². The molecule has 7 nitrogen and oxygen atoms in total. The highest BCUT2D eigenvalue weighted by atomic mass is 32.2. The quantitative estimate of drug-likeness (QED) is 0.734. The maximum absolute atomic E-state index is 12.6. The molecule has 0 saturated heterocycles. The molecule has 1 unspecified atom stereocenters. The second kappa shape index (κ2) is 6.80. The Hall–Kier alpha value is -2.87. The van der Waals surface area contributed by atoms with Crippen LogP contribution in [-0.2, 0) is 21.4 Å². The van der Waals surface area contributed by atoms with Crippen LogP contribution in [0, 0.1) is 0 Å². The molecule has 0 aliphatic carbocycles. The van der Waals surface area contributed by atoms with E-state index in [0.717, 1.165) is 15.8 Å². The lowest BCUT2D eigenvalue weighted by atomic mass is 10.1. The number of para-hydroxylation sites is 2. The van der Waals surface area contributed by atoms with Gasteiger partial charge in [-0.3, -0.25) is 9.36 Å². The fraction of sp³-hybridized carbons (Fsp3) is 0.222. The molecule has 8 heteroatoms. The highest BCUT2D eigenvalue weighted by molar-refractivity contribution is 7.89. The van der Waals surface area contributed by atoms with E-state index in [9.17, 15) is 18.0 Å². The van der Waals surface area contributed by atoms with Crippen LogP contribution in [0.5, 0.6) is 0 Å². The summed E-state index contributed by atoms with van der Waals surface area (Å²) in [5.74, 6) is -0.375. The van der Waals surface area contributed by atoms with Gasteiger partial charge in [0.1, 0.15) is 6.54 Å². The van der Waals surface area contributed by atoms with E-state index in [-0.39, 0.29) is 24.0 Å². The highest BCUT2D eigenvalue weighted by Gasteiger charge is 2.21. The van der Waals surface area contributed by atoms with Crippen LogP contribution in [-0.4, -0.2) is 29.1 Å². The summed E-state index contributed by atoms with van der Waals surface area (Å²) in [6, 6.07) is 15.7. The summed E-state index contributed by atoms with van der Waals surface area (Å²) in [5.41, 5.74) is 0.831. The first-order chi connectivity index (χ1) is 12.3. The van der Waals surface area contributed by atoms with Gasteiger partial charge in [0.05, 0.1) is 23.3 Å². The molecule has 1 amide bonds. The third-order valence-electron chi connectivity index (χ3n) is 4.11. The van der Waals surface area contributed by atoms with E-state index >= 15 is 0 Å². The summed E-state index contributed by atoms with van der Waals surface area (Å²) in [7, 11) is -3.79. The van der Waals surface area contributed by atoms with Gasteiger partial charge in [-0.05, 0) is 24.6 Å². The van der Waals surface area contributed by atoms with Gasteiger partial charge >= 0.3 is 5.69 Å². The molecule has 1 heterocycles. The number of nitrogens with zero attached hydrogens (tertiary/aromatic N) is 2. The summed E-state index contributed by atoms with van der Waals surface area (Å²) in [4.78, 5) is 25.0. The molecule has 136 valence electrons. The first-order valence-corrected chi connectivity index (χ1v) is 9.89. The predicted molar refractivity (Wildman–Crippen MR) is 99.4 cm³/mol. The lowest BCUT2D eigenvalue weighted by Crippen LogP contribution is -2.35. The third kappa shape index (κ3) is 3.41. The predicted octanol–water partition coefficient (Wildman–Crippen LogP) is 1.49. The van der Waals surface area contributed by atoms with Gasteiger partial charge in [-0.2, -0.15) is 3.97 Å². The van der Waals surface area contributed by atoms with Crippen LogP contribution in [0.4, 0.5) is 0 Å². The molecule has 1 N–H and O–H groups in total. The van der Waals surface area contributed by atoms with E-state index in [4.69, 9.17) is 0 Å². The first-order valence-electron chi connectivity index (χ1n) is 8.04. The minimum absolute atomic E-state index is 0.234. The second-order valence-electron chi connectivity index (χ2n) is 6.08. The molecule has 26 heavy (non-hydrogen) atoms. The number of fused-ring (bicyclic) bond motifs is 1. The number of rotatable bonds is 5. The van der Waals surface area contributed by atoms with E-state index in [1.54, 1.807) is 24.3 Å². The van der Waals surface area contributed by atoms with Crippen LogP contribution in [0.3, 0.4) is 0 Å². The molecule has 0 aliphatic heterocycles. The molecular weight excluding hydrogens is 354 g/mol. The van der Waals surface area contributed by atoms with E-state index in [1.165, 1.54) is 4.57 Å². The van der Waals surface area contributed by atoms with Crippen LogP contribution in [0.1, 0.15) is 18.5 Å². The molecule has 1 aromatic heterocycles. The number of hydrogen-bond donors (Lipinski definition) is 1. The fourth-order valence-corrected chi connectivity index (χ4v) is 3.80. The molecule has 0 aliphatic rings. The SMILES string of the molecule is CC(NC(=O)Cn1c(=O)n(S(C)(=O)=O)c2ccccc21)c1ccccc1. The lowest BCUT2D eigenvalue weighted by Gasteiger charge is -2.14. The highest BCUT2D eigenvalue weighted by Crippen LogP contribution is 2.15. The minimum atomic E-state index is -3.79. The van der Waals surface area contributed by atoms with Gasteiger partial charge in [0.25, 0.3) is 0 Å². The van der Waals surface area contributed by atoms with Gasteiger partial charge in [-0.1, -0.05) is 42.5 Å². The maximum Gasteiger partial charge on any atom is 0.343 e. The fourth-order valence-electron chi connectivity index (χ4n) is 2.91. The zero-order valence-electron chi connectivity index (χ0n) is 14.4. The van der Waals surface area contributed by atoms with Crippen molar-refractivity contribution < 1.29 is 13.2 Å². The molecule has 2 aromatic carbocycles. The van der Waals surface area contributed by atoms with Gasteiger partial charge in [0.2, 0.25) is 15.9 Å². The largest absolute Gasteiger partial charge is 0.348 e. The van der Waals surface area contributed by atoms with Crippen molar-refractivity contribution in [1.29, 1.82) is 0 Å². The Balaban J connectivity index is 1.93. The zero-order chi connectivity index (χ0) is 18.9. The molecule has 0 bridgehead atoms. The average Bonchev–Trinajstić information content (AvgIpc) is 2.87. The Bertz CT molecular complexity index is 1110. The van der Waals surface area contributed by atoms with Crippen molar-refractivity contribution >= 4 is 27.0 Å². The molecule has 0 saturated carbocycles. The van der Waals surface area contributed by atoms with Crippen molar-refractivity contribution in [3.05, 3.63) is 70.6 Å². The summed E-state index contributed by atoms with van der Waals surface area (Å²) >= 11 is 0. The Labute approximate surface area is 150 Å². The Morgan fingerprint density at radius 2 is 1.62 bits per heavy atom. The van der Waals surface area contributed by atoms with Crippen molar-refractivity contribution in [1.82, 2.24) is 13.9 Å². The molecule has 0 fully saturated rings. The average molecular weight is 373 g/mol. The standard InChI is InChI=1S/C18H19N3O4S/c1-13(14-8-4-3-5-9-14)19-17(22)12-20-15-10-6-7-11-16(15)21(18(20)23)26(2,24)25/h3-11,13H,12H2,1-2H3,(H,19,22). The zero-order valence-corrected chi connectivity index (χ0v) is 15.2. The molecular formula is C18H19N3O4S. The van der Waals surface area contributed by atoms with Crippen molar-refractivity contribution in [2.24, 2.45) is 0 Å². The summed E-state index contributed by atoms with van der Waals surface area (Å²) < 4.78 is 25.8. The maximum atomic E-state index is 12.6. The molecule has 0 spiro atoms. The summed E-state index contributed by atoms with van der Waals surface area (Å²) in [6.07, 6.45) is 0.961. The van der Waals surface area contributed by atoms with Crippen molar-refractivity contribution in [3.63, 3.8) is 0 Å². The normalized spacial score (nSPS) is 12.8. The number of benzene rings is 2. The molecule has 3 rings (SSSR count). The van der Waals surface area contributed by atoms with Crippen LogP contribution in [0.15, 0.2) is 59.4 Å². The van der Waals surface area contributed by atoms with Crippen LogP contribution < -0.4 is 11.0 Å².